The second-order valence-corrected chi connectivity index (χ2v) is 6.81. The van der Waals surface area contributed by atoms with Crippen molar-refractivity contribution < 1.29 is 9.13 Å². The first-order valence-corrected chi connectivity index (χ1v) is 8.98. The molecule has 2 aromatic carbocycles. The van der Waals surface area contributed by atoms with Crippen LogP contribution in [0.15, 0.2) is 60.7 Å². The summed E-state index contributed by atoms with van der Waals surface area (Å²) < 4.78 is 20.9. The van der Waals surface area contributed by atoms with E-state index in [1.807, 2.05) is 53.0 Å². The maximum Gasteiger partial charge on any atom is 0.231 e. The lowest BCUT2D eigenvalue weighted by Gasteiger charge is -2.07. The summed E-state index contributed by atoms with van der Waals surface area (Å²) in [5, 5.41) is 4.57. The lowest BCUT2D eigenvalue weighted by molar-refractivity contribution is 0.349. The Balaban J connectivity index is 1.76. The number of alkyl halides is 1. The number of nitrogens with zero attached hydrogens (tertiary/aromatic N) is 3. The Kier molecular flexibility index (Phi) is 3.67. The molecule has 0 radical (unpaired) electrons. The summed E-state index contributed by atoms with van der Waals surface area (Å²) in [6.45, 7) is 0. The standard InChI is InChI=1S/C22H18FN3O/c1-27-20-10-9-19-24-21(16-8-7-15-12-18(23)13-17(15)11-16)22(26(19)25-20)14-5-3-2-4-6-14/h2-11,18H,12-13H2,1H3. The van der Waals surface area contributed by atoms with Crippen molar-refractivity contribution in [3.8, 4) is 28.4 Å². The van der Waals surface area contributed by atoms with Crippen LogP contribution in [0.3, 0.4) is 0 Å². The molecule has 1 unspecified atom stereocenters. The van der Waals surface area contributed by atoms with Gasteiger partial charge in [-0.15, -0.1) is 5.10 Å². The third-order valence-electron chi connectivity index (χ3n) is 5.07. The topological polar surface area (TPSA) is 39.4 Å². The average Bonchev–Trinajstić information content (AvgIpc) is 3.26. The second kappa shape index (κ2) is 6.20. The maximum atomic E-state index is 13.8. The highest BCUT2D eigenvalue weighted by Crippen LogP contribution is 2.35. The maximum absolute atomic E-state index is 13.8. The van der Waals surface area contributed by atoms with Crippen LogP contribution in [0.25, 0.3) is 28.2 Å². The number of aromatic nitrogens is 3. The van der Waals surface area contributed by atoms with E-state index in [0.717, 1.165) is 39.3 Å². The lowest BCUT2D eigenvalue weighted by atomic mass is 10.0. The minimum Gasteiger partial charge on any atom is -0.480 e. The van der Waals surface area contributed by atoms with Crippen molar-refractivity contribution >= 4 is 5.65 Å². The number of fused-ring (bicyclic) bond motifs is 2. The normalized spacial score (nSPS) is 15.9. The van der Waals surface area contributed by atoms with E-state index < -0.39 is 6.17 Å². The van der Waals surface area contributed by atoms with Gasteiger partial charge < -0.3 is 4.74 Å². The first-order valence-electron chi connectivity index (χ1n) is 8.98. The van der Waals surface area contributed by atoms with E-state index in [-0.39, 0.29) is 0 Å². The van der Waals surface area contributed by atoms with E-state index in [1.165, 1.54) is 0 Å². The van der Waals surface area contributed by atoms with E-state index >= 15 is 0 Å². The van der Waals surface area contributed by atoms with Gasteiger partial charge in [-0.3, -0.25) is 0 Å². The van der Waals surface area contributed by atoms with Gasteiger partial charge in [0.1, 0.15) is 11.9 Å². The number of hydrogen-bond acceptors (Lipinski definition) is 3. The summed E-state index contributed by atoms with van der Waals surface area (Å²) in [6.07, 6.45) is 0.199. The molecule has 0 bridgehead atoms. The molecule has 4 aromatic rings. The van der Waals surface area contributed by atoms with Gasteiger partial charge >= 0.3 is 0 Å². The Morgan fingerprint density at radius 3 is 2.59 bits per heavy atom. The van der Waals surface area contributed by atoms with Crippen molar-refractivity contribution in [3.05, 3.63) is 71.8 Å². The summed E-state index contributed by atoms with van der Waals surface area (Å²) in [7, 11) is 1.60. The van der Waals surface area contributed by atoms with E-state index in [0.29, 0.717) is 18.7 Å². The van der Waals surface area contributed by atoms with E-state index in [9.17, 15) is 4.39 Å². The molecule has 1 atom stereocenters. The monoisotopic (exact) mass is 359 g/mol. The number of ether oxygens (including phenoxy) is 1. The van der Waals surface area contributed by atoms with Crippen LogP contribution in [0.5, 0.6) is 5.88 Å². The largest absolute Gasteiger partial charge is 0.480 e. The molecule has 1 aliphatic rings. The number of imidazole rings is 1. The summed E-state index contributed by atoms with van der Waals surface area (Å²) in [5.41, 5.74) is 6.65. The van der Waals surface area contributed by atoms with Crippen LogP contribution >= 0.6 is 0 Å². The molecule has 0 N–H and O–H groups in total. The molecule has 0 saturated carbocycles. The van der Waals surface area contributed by atoms with Crippen LogP contribution in [0, 0.1) is 0 Å². The Morgan fingerprint density at radius 1 is 0.963 bits per heavy atom. The van der Waals surface area contributed by atoms with Gasteiger partial charge in [0, 0.05) is 30.0 Å². The fourth-order valence-corrected chi connectivity index (χ4v) is 3.79. The van der Waals surface area contributed by atoms with Gasteiger partial charge in [-0.1, -0.05) is 42.5 Å². The molecule has 134 valence electrons. The summed E-state index contributed by atoms with van der Waals surface area (Å²) in [5.74, 6) is 0.526. The molecule has 0 saturated heterocycles. The van der Waals surface area contributed by atoms with Gasteiger partial charge in [-0.25, -0.2) is 13.9 Å². The molecule has 0 aliphatic heterocycles. The van der Waals surface area contributed by atoms with Crippen molar-refractivity contribution in [1.82, 2.24) is 14.6 Å². The molecule has 2 aromatic heterocycles. The first-order chi connectivity index (χ1) is 13.2. The highest BCUT2D eigenvalue weighted by molar-refractivity contribution is 5.82. The van der Waals surface area contributed by atoms with Crippen LogP contribution in [0.2, 0.25) is 0 Å². The molecular formula is C22H18FN3O. The zero-order chi connectivity index (χ0) is 18.4. The van der Waals surface area contributed by atoms with Gasteiger partial charge in [0.15, 0.2) is 5.65 Å². The number of methoxy groups -OCH3 is 1. The number of hydrogen-bond donors (Lipinski definition) is 0. The Bertz CT molecular complexity index is 1140. The quantitative estimate of drug-likeness (QED) is 0.540. The highest BCUT2D eigenvalue weighted by Gasteiger charge is 2.23. The van der Waals surface area contributed by atoms with Crippen molar-refractivity contribution in [2.75, 3.05) is 7.11 Å². The Hall–Kier alpha value is -3.21. The van der Waals surface area contributed by atoms with Gasteiger partial charge in [0.25, 0.3) is 0 Å². The fraction of sp³-hybridized carbons (Fsp3) is 0.182. The van der Waals surface area contributed by atoms with E-state index in [1.54, 1.807) is 13.2 Å². The third-order valence-corrected chi connectivity index (χ3v) is 5.07. The second-order valence-electron chi connectivity index (χ2n) is 6.81. The highest BCUT2D eigenvalue weighted by atomic mass is 19.1. The molecule has 4 nitrogen and oxygen atoms in total. The number of halogens is 1. The van der Waals surface area contributed by atoms with Crippen LogP contribution < -0.4 is 4.74 Å². The fourth-order valence-electron chi connectivity index (χ4n) is 3.79. The minimum atomic E-state index is -0.782. The van der Waals surface area contributed by atoms with Crippen molar-refractivity contribution in [2.45, 2.75) is 19.0 Å². The smallest absolute Gasteiger partial charge is 0.231 e. The minimum absolute atomic E-state index is 0.475. The zero-order valence-corrected chi connectivity index (χ0v) is 14.9. The average molecular weight is 359 g/mol. The lowest BCUT2D eigenvalue weighted by Crippen LogP contribution is -1.97. The number of benzene rings is 2. The molecule has 5 heteroatoms. The Labute approximate surface area is 156 Å². The van der Waals surface area contributed by atoms with Crippen LogP contribution in [-0.4, -0.2) is 27.9 Å². The molecule has 2 heterocycles. The zero-order valence-electron chi connectivity index (χ0n) is 14.9. The predicted octanol–water partition coefficient (Wildman–Crippen LogP) is 4.51. The van der Waals surface area contributed by atoms with Crippen molar-refractivity contribution in [3.63, 3.8) is 0 Å². The van der Waals surface area contributed by atoms with E-state index in [2.05, 4.69) is 11.2 Å². The first kappa shape index (κ1) is 16.0. The van der Waals surface area contributed by atoms with Crippen molar-refractivity contribution in [2.24, 2.45) is 0 Å². The van der Waals surface area contributed by atoms with Gasteiger partial charge in [0.2, 0.25) is 5.88 Å². The third kappa shape index (κ3) is 2.67. The van der Waals surface area contributed by atoms with Gasteiger partial charge in [-0.2, -0.15) is 0 Å². The summed E-state index contributed by atoms with van der Waals surface area (Å²) >= 11 is 0. The molecule has 0 amide bonds. The predicted molar refractivity (Wildman–Crippen MR) is 103 cm³/mol. The Morgan fingerprint density at radius 2 is 1.78 bits per heavy atom. The van der Waals surface area contributed by atoms with E-state index in [4.69, 9.17) is 9.72 Å². The molecule has 0 spiro atoms. The SMILES string of the molecule is COc1ccc2nc(-c3ccc4c(c3)CC(F)C4)c(-c3ccccc3)n2n1. The van der Waals surface area contributed by atoms with Crippen LogP contribution in [-0.2, 0) is 12.8 Å². The summed E-state index contributed by atoms with van der Waals surface area (Å²) in [6, 6.07) is 19.9. The van der Waals surface area contributed by atoms with Crippen LogP contribution in [0.1, 0.15) is 11.1 Å². The molecule has 1 aliphatic carbocycles. The molecule has 27 heavy (non-hydrogen) atoms. The number of rotatable bonds is 3. The van der Waals surface area contributed by atoms with Gasteiger partial charge in [0.05, 0.1) is 12.8 Å². The summed E-state index contributed by atoms with van der Waals surface area (Å²) in [4.78, 5) is 4.83. The molecule has 5 rings (SSSR count). The molecule has 0 fully saturated rings. The van der Waals surface area contributed by atoms with Crippen LogP contribution in [0.4, 0.5) is 4.39 Å². The van der Waals surface area contributed by atoms with Crippen molar-refractivity contribution in [1.29, 1.82) is 0 Å². The van der Waals surface area contributed by atoms with Gasteiger partial charge in [-0.05, 0) is 23.3 Å². The molecular weight excluding hydrogens is 341 g/mol.